The summed E-state index contributed by atoms with van der Waals surface area (Å²) < 4.78 is 11.0. The molecular weight excluding hydrogens is 445 g/mol. The van der Waals surface area contributed by atoms with Gasteiger partial charge < -0.3 is 14.9 Å². The number of carbonyl (C=O) groups excluding carboxylic acids is 1. The van der Waals surface area contributed by atoms with Crippen LogP contribution in [0.15, 0.2) is 46.6 Å². The largest absolute Gasteiger partial charge is 0.481 e. The lowest BCUT2D eigenvalue weighted by atomic mass is 10.0. The van der Waals surface area contributed by atoms with Gasteiger partial charge in [0.2, 0.25) is 0 Å². The van der Waals surface area contributed by atoms with E-state index in [2.05, 4.69) is 45.9 Å². The van der Waals surface area contributed by atoms with E-state index in [4.69, 9.17) is 19.7 Å². The van der Waals surface area contributed by atoms with E-state index in [9.17, 15) is 14.2 Å². The average Bonchev–Trinajstić information content (AvgIpc) is 2.68. The van der Waals surface area contributed by atoms with E-state index in [1.807, 2.05) is 12.4 Å². The van der Waals surface area contributed by atoms with Crippen LogP contribution in [0.25, 0.3) is 0 Å². The molecule has 9 heteroatoms. The molecule has 0 fully saturated rings. The molecule has 0 bridgehead atoms. The zero-order chi connectivity index (χ0) is 25.4. The Bertz CT molecular complexity index is 802. The lowest BCUT2D eigenvalue weighted by molar-refractivity contribution is -0.150. The van der Waals surface area contributed by atoms with Crippen LogP contribution >= 0.6 is 7.60 Å². The summed E-state index contributed by atoms with van der Waals surface area (Å²) in [6.45, 7) is 10.5. The number of nitrogens with one attached hydrogen (secondary N) is 1. The molecule has 0 aliphatic rings. The molecule has 1 atom stereocenters. The highest BCUT2D eigenvalue weighted by Crippen LogP contribution is 2.37. The lowest BCUT2D eigenvalue weighted by Crippen LogP contribution is -2.37. The van der Waals surface area contributed by atoms with Gasteiger partial charge in [-0.1, -0.05) is 46.6 Å². The molecule has 8 nitrogen and oxygen atoms in total. The number of carboxylic acids is 1. The van der Waals surface area contributed by atoms with Crippen molar-refractivity contribution in [2.75, 3.05) is 12.8 Å². The molecule has 0 aromatic rings. The molecule has 0 aromatic carbocycles. The molecule has 1 amide bonds. The number of amides is 1. The van der Waals surface area contributed by atoms with Crippen molar-refractivity contribution in [3.05, 3.63) is 46.6 Å². The summed E-state index contributed by atoms with van der Waals surface area (Å²) in [7, 11) is -4.65. The first-order valence-corrected chi connectivity index (χ1v) is 12.9. The van der Waals surface area contributed by atoms with Crippen LogP contribution in [0.3, 0.4) is 0 Å². The van der Waals surface area contributed by atoms with Crippen LogP contribution in [0.5, 0.6) is 0 Å². The van der Waals surface area contributed by atoms with E-state index in [1.54, 1.807) is 6.08 Å². The minimum absolute atomic E-state index is 0.0271. The van der Waals surface area contributed by atoms with Crippen LogP contribution in [-0.4, -0.2) is 39.5 Å². The van der Waals surface area contributed by atoms with E-state index in [-0.39, 0.29) is 6.61 Å². The number of hydroxylamine groups is 1. The van der Waals surface area contributed by atoms with E-state index < -0.39 is 31.6 Å². The SMILES string of the molecule is CC(C)=CCCC(C)=CCCC(C)=CCCC(C)=CCONC(=O)C(CP(=O)(O)O)C(=O)O. The van der Waals surface area contributed by atoms with Gasteiger partial charge >= 0.3 is 13.6 Å². The predicted molar refractivity (Wildman–Crippen MR) is 131 cm³/mol. The molecule has 4 N–H and O–H groups in total. The molecule has 1 unspecified atom stereocenters. The van der Waals surface area contributed by atoms with E-state index in [1.165, 1.54) is 16.7 Å². The monoisotopic (exact) mass is 485 g/mol. The minimum Gasteiger partial charge on any atom is -0.481 e. The van der Waals surface area contributed by atoms with E-state index >= 15 is 0 Å². The number of carboxylic acid groups (broad SMARTS) is 1. The minimum atomic E-state index is -4.65. The van der Waals surface area contributed by atoms with Crippen molar-refractivity contribution in [2.45, 2.75) is 73.1 Å². The molecule has 0 saturated carbocycles. The normalized spacial score (nSPS) is 14.1. The smallest absolute Gasteiger partial charge is 0.326 e. The summed E-state index contributed by atoms with van der Waals surface area (Å²) >= 11 is 0. The third-order valence-corrected chi connectivity index (χ3v) is 5.72. The first-order valence-electron chi connectivity index (χ1n) is 11.1. The number of rotatable bonds is 16. The van der Waals surface area contributed by atoms with Crippen LogP contribution < -0.4 is 5.48 Å². The first kappa shape index (κ1) is 31.0. The summed E-state index contributed by atoms with van der Waals surface area (Å²) in [5, 5.41) is 8.94. The van der Waals surface area contributed by atoms with Gasteiger partial charge in [-0.25, -0.2) is 5.48 Å². The molecule has 0 aliphatic carbocycles. The Morgan fingerprint density at radius 1 is 0.848 bits per heavy atom. The third kappa shape index (κ3) is 18.2. The molecule has 0 radical (unpaired) electrons. The fourth-order valence-electron chi connectivity index (χ4n) is 2.87. The zero-order valence-electron chi connectivity index (χ0n) is 20.5. The Morgan fingerprint density at radius 3 is 1.73 bits per heavy atom. The second-order valence-electron chi connectivity index (χ2n) is 8.56. The van der Waals surface area contributed by atoms with Crippen LogP contribution in [0.2, 0.25) is 0 Å². The quantitative estimate of drug-likeness (QED) is 0.0789. The van der Waals surface area contributed by atoms with Gasteiger partial charge in [0.05, 0.1) is 12.8 Å². The second-order valence-corrected chi connectivity index (χ2v) is 10.3. The molecule has 0 saturated heterocycles. The highest BCUT2D eigenvalue weighted by molar-refractivity contribution is 7.51. The Hall–Kier alpha value is -1.99. The van der Waals surface area contributed by atoms with Crippen molar-refractivity contribution in [1.82, 2.24) is 5.48 Å². The first-order chi connectivity index (χ1) is 15.3. The van der Waals surface area contributed by atoms with Gasteiger partial charge in [-0.3, -0.25) is 19.0 Å². The van der Waals surface area contributed by atoms with Gasteiger partial charge in [0.25, 0.3) is 5.91 Å². The van der Waals surface area contributed by atoms with Crippen LogP contribution in [0.1, 0.15) is 73.1 Å². The molecule has 0 aromatic heterocycles. The van der Waals surface area contributed by atoms with Crippen LogP contribution in [0.4, 0.5) is 0 Å². The fraction of sp³-hybridized carbons (Fsp3) is 0.583. The summed E-state index contributed by atoms with van der Waals surface area (Å²) in [6.07, 6.45) is 13.4. The fourth-order valence-corrected chi connectivity index (χ4v) is 3.66. The van der Waals surface area contributed by atoms with E-state index in [0.29, 0.717) is 0 Å². The maximum atomic E-state index is 11.8. The van der Waals surface area contributed by atoms with Crippen molar-refractivity contribution >= 4 is 19.5 Å². The Morgan fingerprint density at radius 2 is 1.30 bits per heavy atom. The van der Waals surface area contributed by atoms with Gasteiger partial charge in [0.1, 0.15) is 5.92 Å². The van der Waals surface area contributed by atoms with Gasteiger partial charge in [0.15, 0.2) is 0 Å². The number of aliphatic carboxylic acids is 1. The number of carbonyl (C=O) groups is 2. The summed E-state index contributed by atoms with van der Waals surface area (Å²) in [6, 6.07) is 0. The van der Waals surface area contributed by atoms with E-state index in [0.717, 1.165) is 44.1 Å². The molecule has 0 spiro atoms. The summed E-state index contributed by atoms with van der Waals surface area (Å²) in [5.41, 5.74) is 7.10. The highest BCUT2D eigenvalue weighted by Gasteiger charge is 2.33. The number of hydrogen-bond donors (Lipinski definition) is 4. The molecule has 188 valence electrons. The van der Waals surface area contributed by atoms with Crippen molar-refractivity contribution in [2.24, 2.45) is 5.92 Å². The van der Waals surface area contributed by atoms with Crippen molar-refractivity contribution in [3.8, 4) is 0 Å². The maximum Gasteiger partial charge on any atom is 0.326 e. The van der Waals surface area contributed by atoms with Crippen LogP contribution in [-0.2, 0) is 19.0 Å². The van der Waals surface area contributed by atoms with Crippen molar-refractivity contribution in [3.63, 3.8) is 0 Å². The molecule has 0 rings (SSSR count). The highest BCUT2D eigenvalue weighted by atomic mass is 31.2. The molecular formula is C24H40NO7P. The number of allylic oxidation sites excluding steroid dienone is 7. The molecule has 33 heavy (non-hydrogen) atoms. The Kier molecular flexibility index (Phi) is 15.6. The molecule has 0 heterocycles. The van der Waals surface area contributed by atoms with Gasteiger partial charge in [-0.15, -0.1) is 0 Å². The maximum absolute atomic E-state index is 11.8. The Balaban J connectivity index is 4.27. The van der Waals surface area contributed by atoms with Gasteiger partial charge in [-0.2, -0.15) is 0 Å². The van der Waals surface area contributed by atoms with Crippen LogP contribution in [0, 0.1) is 5.92 Å². The van der Waals surface area contributed by atoms with Crippen molar-refractivity contribution in [1.29, 1.82) is 0 Å². The Labute approximate surface area is 197 Å². The van der Waals surface area contributed by atoms with Gasteiger partial charge in [-0.05, 0) is 73.1 Å². The number of hydrogen-bond acceptors (Lipinski definition) is 4. The van der Waals surface area contributed by atoms with Crippen molar-refractivity contribution < 1.29 is 33.9 Å². The second kappa shape index (κ2) is 16.6. The van der Waals surface area contributed by atoms with Gasteiger partial charge in [0, 0.05) is 0 Å². The molecule has 0 aliphatic heterocycles. The topological polar surface area (TPSA) is 133 Å². The summed E-state index contributed by atoms with van der Waals surface area (Å²) in [4.78, 5) is 45.5. The summed E-state index contributed by atoms with van der Waals surface area (Å²) in [5.74, 6) is -4.60. The standard InChI is InChI=1S/C24H40NO7P/c1-18(2)9-6-10-19(3)11-7-12-20(4)13-8-14-21(5)15-16-32-25-23(26)22(24(27)28)17-33(29,30)31/h9,11,13,15,22H,6-8,10,12,14,16-17H2,1-5H3,(H,25,26)(H,27,28)(H2,29,30,31). The average molecular weight is 486 g/mol. The predicted octanol–water partition coefficient (Wildman–Crippen LogP) is 5.06. The zero-order valence-corrected chi connectivity index (χ0v) is 21.4. The third-order valence-electron chi connectivity index (χ3n) is 4.88. The lowest BCUT2D eigenvalue weighted by Gasteiger charge is -2.13.